The molecule has 0 N–H and O–H groups in total. The number of carbonyl (C=O) groups excluding carboxylic acids is 1. The molecule has 18 heavy (non-hydrogen) atoms. The molecule has 1 aromatic heterocycles. The summed E-state index contributed by atoms with van der Waals surface area (Å²) in [6.07, 6.45) is 3.24. The molecule has 2 rings (SSSR count). The van der Waals surface area contributed by atoms with Crippen LogP contribution in [-0.2, 0) is 16.1 Å². The first-order valence-electron chi connectivity index (χ1n) is 6.69. The smallest absolute Gasteiger partial charge is 0.323 e. The van der Waals surface area contributed by atoms with E-state index in [1.807, 2.05) is 6.92 Å². The van der Waals surface area contributed by atoms with Gasteiger partial charge in [-0.25, -0.2) is 0 Å². The molecular formula is C14H21NO2S. The van der Waals surface area contributed by atoms with Crippen LogP contribution in [0.5, 0.6) is 0 Å². The minimum absolute atomic E-state index is 0.0675. The molecular weight excluding hydrogens is 246 g/mol. The monoisotopic (exact) mass is 267 g/mol. The Balaban J connectivity index is 2.05. The van der Waals surface area contributed by atoms with Gasteiger partial charge < -0.3 is 4.74 Å². The molecule has 100 valence electrons. The van der Waals surface area contributed by atoms with Crippen LogP contribution in [0.4, 0.5) is 0 Å². The summed E-state index contributed by atoms with van der Waals surface area (Å²) in [5.74, 6) is -0.0675. The average molecular weight is 267 g/mol. The molecule has 1 saturated carbocycles. The molecule has 1 unspecified atom stereocenters. The normalized spacial score (nSPS) is 16.8. The van der Waals surface area contributed by atoms with Gasteiger partial charge in [-0.15, -0.1) is 0 Å². The molecule has 1 aliphatic rings. The molecule has 0 aromatic carbocycles. The van der Waals surface area contributed by atoms with Crippen LogP contribution in [-0.4, -0.2) is 29.6 Å². The van der Waals surface area contributed by atoms with Crippen molar-refractivity contribution in [1.82, 2.24) is 4.90 Å². The third kappa shape index (κ3) is 3.33. The molecule has 1 aromatic rings. The maximum Gasteiger partial charge on any atom is 0.323 e. The highest BCUT2D eigenvalue weighted by Crippen LogP contribution is 2.31. The highest BCUT2D eigenvalue weighted by atomic mass is 32.1. The van der Waals surface area contributed by atoms with E-state index in [1.165, 1.54) is 18.4 Å². The van der Waals surface area contributed by atoms with E-state index in [9.17, 15) is 4.79 Å². The first-order valence-corrected chi connectivity index (χ1v) is 7.64. The van der Waals surface area contributed by atoms with Gasteiger partial charge in [-0.3, -0.25) is 9.69 Å². The minimum Gasteiger partial charge on any atom is -0.465 e. The number of hydrogen-bond acceptors (Lipinski definition) is 4. The van der Waals surface area contributed by atoms with Crippen LogP contribution in [0.15, 0.2) is 16.8 Å². The van der Waals surface area contributed by atoms with E-state index in [1.54, 1.807) is 11.3 Å². The fraction of sp³-hybridized carbons (Fsp3) is 0.643. The van der Waals surface area contributed by atoms with Crippen molar-refractivity contribution in [2.45, 2.75) is 51.7 Å². The highest BCUT2D eigenvalue weighted by Gasteiger charge is 2.37. The predicted octanol–water partition coefficient (Wildman–Crippen LogP) is 3.05. The fourth-order valence-electron chi connectivity index (χ4n) is 2.27. The van der Waals surface area contributed by atoms with Gasteiger partial charge in [0.2, 0.25) is 0 Å². The zero-order chi connectivity index (χ0) is 13.0. The van der Waals surface area contributed by atoms with Crippen molar-refractivity contribution < 1.29 is 9.53 Å². The summed E-state index contributed by atoms with van der Waals surface area (Å²) in [6.45, 7) is 5.26. The van der Waals surface area contributed by atoms with Crippen molar-refractivity contribution in [2.24, 2.45) is 0 Å². The standard InChI is InChI=1S/C14H21NO2S/c1-3-13(14(16)17-4-2)15(12-5-6-12)9-11-7-8-18-10-11/h7-8,10,12-13H,3-6,9H2,1-2H3. The van der Waals surface area contributed by atoms with E-state index in [0.717, 1.165) is 13.0 Å². The molecule has 1 heterocycles. The Morgan fingerprint density at radius 2 is 2.33 bits per heavy atom. The lowest BCUT2D eigenvalue weighted by molar-refractivity contribution is -0.150. The summed E-state index contributed by atoms with van der Waals surface area (Å²) >= 11 is 1.71. The van der Waals surface area contributed by atoms with Gasteiger partial charge >= 0.3 is 5.97 Å². The highest BCUT2D eigenvalue weighted by molar-refractivity contribution is 7.07. The van der Waals surface area contributed by atoms with Crippen molar-refractivity contribution in [3.63, 3.8) is 0 Å². The predicted molar refractivity (Wildman–Crippen MR) is 73.6 cm³/mol. The van der Waals surface area contributed by atoms with E-state index in [0.29, 0.717) is 12.6 Å². The Labute approximate surface area is 113 Å². The second-order valence-electron chi connectivity index (χ2n) is 4.71. The van der Waals surface area contributed by atoms with Crippen molar-refractivity contribution in [3.8, 4) is 0 Å². The number of ether oxygens (including phenoxy) is 1. The Morgan fingerprint density at radius 1 is 1.56 bits per heavy atom. The quantitative estimate of drug-likeness (QED) is 0.711. The summed E-state index contributed by atoms with van der Waals surface area (Å²) in [5, 5.41) is 4.25. The number of thiophene rings is 1. The van der Waals surface area contributed by atoms with E-state index >= 15 is 0 Å². The van der Waals surface area contributed by atoms with Crippen LogP contribution in [0, 0.1) is 0 Å². The summed E-state index contributed by atoms with van der Waals surface area (Å²) in [5.41, 5.74) is 1.30. The largest absolute Gasteiger partial charge is 0.465 e. The van der Waals surface area contributed by atoms with Crippen LogP contribution in [0.1, 0.15) is 38.7 Å². The zero-order valence-electron chi connectivity index (χ0n) is 11.1. The van der Waals surface area contributed by atoms with Gasteiger partial charge in [0, 0.05) is 12.6 Å². The lowest BCUT2D eigenvalue weighted by Crippen LogP contribution is -2.42. The Morgan fingerprint density at radius 3 is 2.83 bits per heavy atom. The SMILES string of the molecule is CCOC(=O)C(CC)N(Cc1ccsc1)C1CC1. The Bertz CT molecular complexity index is 373. The summed E-state index contributed by atoms with van der Waals surface area (Å²) in [4.78, 5) is 14.3. The van der Waals surface area contributed by atoms with Gasteiger partial charge in [0.25, 0.3) is 0 Å². The van der Waals surface area contributed by atoms with E-state index < -0.39 is 0 Å². The topological polar surface area (TPSA) is 29.5 Å². The summed E-state index contributed by atoms with van der Waals surface area (Å²) < 4.78 is 5.20. The molecule has 1 atom stereocenters. The number of carbonyl (C=O) groups is 1. The third-order valence-electron chi connectivity index (χ3n) is 3.31. The van der Waals surface area contributed by atoms with Crippen molar-refractivity contribution >= 4 is 17.3 Å². The Hall–Kier alpha value is -0.870. The van der Waals surface area contributed by atoms with Crippen molar-refractivity contribution in [2.75, 3.05) is 6.61 Å². The average Bonchev–Trinajstić information content (AvgIpc) is 3.08. The van der Waals surface area contributed by atoms with Gasteiger partial charge in [0.05, 0.1) is 6.61 Å². The molecule has 0 amide bonds. The number of nitrogens with zero attached hydrogens (tertiary/aromatic N) is 1. The molecule has 1 fully saturated rings. The van der Waals surface area contributed by atoms with Crippen LogP contribution < -0.4 is 0 Å². The maximum atomic E-state index is 12.0. The van der Waals surface area contributed by atoms with Gasteiger partial charge in [0.1, 0.15) is 6.04 Å². The minimum atomic E-state index is -0.0858. The number of esters is 1. The van der Waals surface area contributed by atoms with Gasteiger partial charge in [-0.2, -0.15) is 11.3 Å². The number of rotatable bonds is 7. The fourth-order valence-corrected chi connectivity index (χ4v) is 2.93. The molecule has 3 nitrogen and oxygen atoms in total. The maximum absolute atomic E-state index is 12.0. The van der Waals surface area contributed by atoms with Crippen LogP contribution in [0.25, 0.3) is 0 Å². The van der Waals surface area contributed by atoms with E-state index in [-0.39, 0.29) is 12.0 Å². The molecule has 0 saturated heterocycles. The van der Waals surface area contributed by atoms with Crippen LogP contribution in [0.3, 0.4) is 0 Å². The second kappa shape index (κ2) is 6.34. The molecule has 0 bridgehead atoms. The zero-order valence-corrected chi connectivity index (χ0v) is 11.9. The molecule has 0 spiro atoms. The molecule has 4 heteroatoms. The second-order valence-corrected chi connectivity index (χ2v) is 5.49. The van der Waals surface area contributed by atoms with Crippen molar-refractivity contribution in [1.29, 1.82) is 0 Å². The lowest BCUT2D eigenvalue weighted by Gasteiger charge is -2.29. The van der Waals surface area contributed by atoms with Gasteiger partial charge in [-0.05, 0) is 48.6 Å². The molecule has 0 radical (unpaired) electrons. The molecule has 1 aliphatic carbocycles. The van der Waals surface area contributed by atoms with E-state index in [2.05, 4.69) is 28.7 Å². The van der Waals surface area contributed by atoms with Gasteiger partial charge in [0.15, 0.2) is 0 Å². The first kappa shape index (κ1) is 13.6. The third-order valence-corrected chi connectivity index (χ3v) is 4.04. The lowest BCUT2D eigenvalue weighted by atomic mass is 10.1. The van der Waals surface area contributed by atoms with Crippen LogP contribution in [0.2, 0.25) is 0 Å². The first-order chi connectivity index (χ1) is 8.76. The van der Waals surface area contributed by atoms with Gasteiger partial charge in [-0.1, -0.05) is 6.92 Å². The Kier molecular flexibility index (Phi) is 4.78. The van der Waals surface area contributed by atoms with Crippen LogP contribution >= 0.6 is 11.3 Å². The summed E-state index contributed by atoms with van der Waals surface area (Å²) in [6, 6.07) is 2.62. The van der Waals surface area contributed by atoms with E-state index in [4.69, 9.17) is 4.74 Å². The van der Waals surface area contributed by atoms with Crippen molar-refractivity contribution in [3.05, 3.63) is 22.4 Å². The number of hydrogen-bond donors (Lipinski definition) is 0. The molecule has 0 aliphatic heterocycles. The summed E-state index contributed by atoms with van der Waals surface area (Å²) in [7, 11) is 0.